The minimum absolute atomic E-state index is 0.0755. The highest BCUT2D eigenvalue weighted by Crippen LogP contribution is 2.18. The largest absolute Gasteiger partial charge is 0.401 e. The van der Waals surface area contributed by atoms with E-state index in [9.17, 15) is 13.2 Å². The van der Waals surface area contributed by atoms with Crippen molar-refractivity contribution in [3.05, 3.63) is 0 Å². The van der Waals surface area contributed by atoms with Crippen molar-refractivity contribution < 1.29 is 13.2 Å². The summed E-state index contributed by atoms with van der Waals surface area (Å²) in [6, 6.07) is -0.0755. The Kier molecular flexibility index (Phi) is 8.60. The zero-order valence-electron chi connectivity index (χ0n) is 11.1. The van der Waals surface area contributed by atoms with Gasteiger partial charge in [0, 0.05) is 12.6 Å². The van der Waals surface area contributed by atoms with Crippen molar-refractivity contribution in [3.8, 4) is 0 Å². The third kappa shape index (κ3) is 9.41. The minimum Gasteiger partial charge on any atom is -0.315 e. The minimum atomic E-state index is -4.10. The number of hydrogen-bond donors (Lipinski definition) is 1. The second kappa shape index (κ2) is 8.75. The highest BCUT2D eigenvalue weighted by molar-refractivity contribution is 4.72. The molecule has 104 valence electrons. The van der Waals surface area contributed by atoms with Crippen LogP contribution in [-0.4, -0.2) is 43.3 Å². The number of halogens is 3. The van der Waals surface area contributed by atoms with Crippen LogP contribution < -0.4 is 5.32 Å². The molecule has 17 heavy (non-hydrogen) atoms. The first-order chi connectivity index (χ1) is 7.90. The van der Waals surface area contributed by atoms with Crippen molar-refractivity contribution >= 4 is 0 Å². The lowest BCUT2D eigenvalue weighted by molar-refractivity contribution is -0.150. The Morgan fingerprint density at radius 2 is 1.82 bits per heavy atom. The summed E-state index contributed by atoms with van der Waals surface area (Å²) in [6.45, 7) is 7.04. The fourth-order valence-electron chi connectivity index (χ4n) is 1.71. The molecule has 0 saturated carbocycles. The van der Waals surface area contributed by atoms with Gasteiger partial charge in [0.2, 0.25) is 0 Å². The van der Waals surface area contributed by atoms with Crippen LogP contribution in [0.3, 0.4) is 0 Å². The van der Waals surface area contributed by atoms with Crippen LogP contribution >= 0.6 is 0 Å². The molecule has 0 aliphatic heterocycles. The molecule has 0 aliphatic carbocycles. The first-order valence-corrected chi connectivity index (χ1v) is 6.42. The zero-order chi connectivity index (χ0) is 13.3. The first-order valence-electron chi connectivity index (χ1n) is 6.42. The fourth-order valence-corrected chi connectivity index (χ4v) is 1.71. The SMILES string of the molecule is CCCCNCC(C)N(CCC)CC(F)(F)F. The van der Waals surface area contributed by atoms with Crippen LogP contribution in [0.2, 0.25) is 0 Å². The second-order valence-electron chi connectivity index (χ2n) is 4.49. The number of rotatable bonds is 9. The maximum Gasteiger partial charge on any atom is 0.401 e. The summed E-state index contributed by atoms with van der Waals surface area (Å²) in [5.74, 6) is 0. The summed E-state index contributed by atoms with van der Waals surface area (Å²) in [4.78, 5) is 1.50. The monoisotopic (exact) mass is 254 g/mol. The standard InChI is InChI=1S/C12H25F3N2/c1-4-6-7-16-9-11(3)17(8-5-2)10-12(13,14)15/h11,16H,4-10H2,1-3H3. The van der Waals surface area contributed by atoms with Gasteiger partial charge in [0.1, 0.15) is 0 Å². The molecule has 0 spiro atoms. The molecular weight excluding hydrogens is 229 g/mol. The van der Waals surface area contributed by atoms with E-state index in [2.05, 4.69) is 12.2 Å². The number of alkyl halides is 3. The van der Waals surface area contributed by atoms with Crippen LogP contribution in [0, 0.1) is 0 Å². The molecular formula is C12H25F3N2. The summed E-state index contributed by atoms with van der Waals surface area (Å²) in [5, 5.41) is 3.20. The molecule has 2 nitrogen and oxygen atoms in total. The third-order valence-corrected chi connectivity index (χ3v) is 2.66. The summed E-state index contributed by atoms with van der Waals surface area (Å²) < 4.78 is 37.1. The number of hydrogen-bond acceptors (Lipinski definition) is 2. The van der Waals surface area contributed by atoms with Gasteiger partial charge in [-0.05, 0) is 32.9 Å². The maximum atomic E-state index is 12.4. The van der Waals surface area contributed by atoms with Crippen molar-refractivity contribution in [1.82, 2.24) is 10.2 Å². The van der Waals surface area contributed by atoms with Gasteiger partial charge >= 0.3 is 6.18 Å². The molecule has 0 aromatic heterocycles. The average molecular weight is 254 g/mol. The molecule has 1 unspecified atom stereocenters. The van der Waals surface area contributed by atoms with Crippen LogP contribution in [0.25, 0.3) is 0 Å². The highest BCUT2D eigenvalue weighted by atomic mass is 19.4. The van der Waals surface area contributed by atoms with E-state index in [1.54, 1.807) is 0 Å². The van der Waals surface area contributed by atoms with E-state index in [-0.39, 0.29) is 6.04 Å². The Hall–Kier alpha value is -0.290. The Morgan fingerprint density at radius 1 is 1.18 bits per heavy atom. The Labute approximate surface area is 103 Å². The fraction of sp³-hybridized carbons (Fsp3) is 1.00. The molecule has 0 aromatic carbocycles. The van der Waals surface area contributed by atoms with Gasteiger partial charge in [0.15, 0.2) is 0 Å². The molecule has 0 fully saturated rings. The molecule has 0 radical (unpaired) electrons. The van der Waals surface area contributed by atoms with Gasteiger partial charge in [-0.1, -0.05) is 20.3 Å². The Morgan fingerprint density at radius 3 is 2.29 bits per heavy atom. The van der Waals surface area contributed by atoms with Crippen molar-refractivity contribution in [2.45, 2.75) is 52.3 Å². The molecule has 0 heterocycles. The predicted octanol–water partition coefficient (Wildman–Crippen LogP) is 3.04. The van der Waals surface area contributed by atoms with Gasteiger partial charge in [-0.25, -0.2) is 0 Å². The topological polar surface area (TPSA) is 15.3 Å². The third-order valence-electron chi connectivity index (χ3n) is 2.66. The molecule has 0 amide bonds. The van der Waals surface area contributed by atoms with Gasteiger partial charge in [-0.3, -0.25) is 4.90 Å². The van der Waals surface area contributed by atoms with Crippen molar-refractivity contribution in [2.24, 2.45) is 0 Å². The van der Waals surface area contributed by atoms with E-state index < -0.39 is 12.7 Å². The van der Waals surface area contributed by atoms with E-state index >= 15 is 0 Å². The van der Waals surface area contributed by atoms with E-state index in [0.29, 0.717) is 13.1 Å². The molecule has 0 aliphatic rings. The smallest absolute Gasteiger partial charge is 0.315 e. The molecule has 0 rings (SSSR count). The number of nitrogens with one attached hydrogen (secondary N) is 1. The Balaban J connectivity index is 4.01. The van der Waals surface area contributed by atoms with Crippen LogP contribution in [0.1, 0.15) is 40.0 Å². The van der Waals surface area contributed by atoms with Crippen molar-refractivity contribution in [2.75, 3.05) is 26.2 Å². The summed E-state index contributed by atoms with van der Waals surface area (Å²) in [7, 11) is 0. The molecule has 1 N–H and O–H groups in total. The number of unbranched alkanes of at least 4 members (excludes halogenated alkanes) is 1. The van der Waals surface area contributed by atoms with E-state index in [0.717, 1.165) is 25.8 Å². The lowest BCUT2D eigenvalue weighted by atomic mass is 10.2. The van der Waals surface area contributed by atoms with Crippen molar-refractivity contribution in [1.29, 1.82) is 0 Å². The quantitative estimate of drug-likeness (QED) is 0.636. The molecule has 5 heteroatoms. The summed E-state index contributed by atoms with van der Waals surface area (Å²) in [5.41, 5.74) is 0. The summed E-state index contributed by atoms with van der Waals surface area (Å²) >= 11 is 0. The lowest BCUT2D eigenvalue weighted by Crippen LogP contribution is -2.45. The molecule has 0 saturated heterocycles. The van der Waals surface area contributed by atoms with E-state index in [4.69, 9.17) is 0 Å². The first kappa shape index (κ1) is 16.7. The van der Waals surface area contributed by atoms with Gasteiger partial charge in [0.25, 0.3) is 0 Å². The van der Waals surface area contributed by atoms with Gasteiger partial charge < -0.3 is 5.32 Å². The van der Waals surface area contributed by atoms with Crippen LogP contribution in [0.4, 0.5) is 13.2 Å². The lowest BCUT2D eigenvalue weighted by Gasteiger charge is -2.29. The van der Waals surface area contributed by atoms with E-state index in [1.807, 2.05) is 13.8 Å². The molecule has 1 atom stereocenters. The highest BCUT2D eigenvalue weighted by Gasteiger charge is 2.32. The summed E-state index contributed by atoms with van der Waals surface area (Å²) in [6.07, 6.45) is -1.19. The zero-order valence-corrected chi connectivity index (χ0v) is 11.1. The molecule has 0 aromatic rings. The average Bonchev–Trinajstić information content (AvgIpc) is 2.21. The van der Waals surface area contributed by atoms with Crippen LogP contribution in [0.15, 0.2) is 0 Å². The number of nitrogens with zero attached hydrogens (tertiary/aromatic N) is 1. The van der Waals surface area contributed by atoms with Crippen LogP contribution in [0.5, 0.6) is 0 Å². The van der Waals surface area contributed by atoms with E-state index in [1.165, 1.54) is 4.90 Å². The predicted molar refractivity (Wildman–Crippen MR) is 65.2 cm³/mol. The van der Waals surface area contributed by atoms with Gasteiger partial charge in [-0.2, -0.15) is 13.2 Å². The Bertz CT molecular complexity index is 183. The van der Waals surface area contributed by atoms with Gasteiger partial charge in [-0.15, -0.1) is 0 Å². The maximum absolute atomic E-state index is 12.4. The van der Waals surface area contributed by atoms with Crippen molar-refractivity contribution in [3.63, 3.8) is 0 Å². The van der Waals surface area contributed by atoms with Gasteiger partial charge in [0.05, 0.1) is 6.54 Å². The second-order valence-corrected chi connectivity index (χ2v) is 4.49. The molecule has 0 bridgehead atoms. The van der Waals surface area contributed by atoms with Crippen LogP contribution in [-0.2, 0) is 0 Å². The normalized spacial score (nSPS) is 14.3.